The van der Waals surface area contributed by atoms with E-state index >= 15 is 0 Å². The van der Waals surface area contributed by atoms with Crippen molar-refractivity contribution in [1.29, 1.82) is 0 Å². The van der Waals surface area contributed by atoms with Crippen LogP contribution in [0.2, 0.25) is 0 Å². The molecule has 0 radical (unpaired) electrons. The Morgan fingerprint density at radius 3 is 2.50 bits per heavy atom. The second-order valence-electron chi connectivity index (χ2n) is 7.04. The van der Waals surface area contributed by atoms with Gasteiger partial charge >= 0.3 is 0 Å². The van der Waals surface area contributed by atoms with Gasteiger partial charge in [0.25, 0.3) is 0 Å². The highest BCUT2D eigenvalue weighted by molar-refractivity contribution is 7.91. The first-order chi connectivity index (χ1) is 12.2. The van der Waals surface area contributed by atoms with Gasteiger partial charge in [-0.1, -0.05) is 0 Å². The number of rotatable bonds is 3. The molecule has 3 aliphatic heterocycles. The Labute approximate surface area is 153 Å². The zero-order valence-electron chi connectivity index (χ0n) is 14.2. The summed E-state index contributed by atoms with van der Waals surface area (Å²) in [5, 5.41) is 2.70. The van der Waals surface area contributed by atoms with Crippen LogP contribution in [-0.4, -0.2) is 75.7 Å². The summed E-state index contributed by atoms with van der Waals surface area (Å²) >= 11 is 0. The molecule has 1 aromatic rings. The SMILES string of the molecule is O=C1Cc2cc(S(=O)(=O)N3CCN(C4CCS(=O)(=O)C4)CC3)ccc2N1. The van der Waals surface area contributed by atoms with Crippen LogP contribution in [0.25, 0.3) is 0 Å². The molecule has 0 aliphatic carbocycles. The number of nitrogens with zero attached hydrogens (tertiary/aromatic N) is 2. The predicted molar refractivity (Wildman–Crippen MR) is 96.2 cm³/mol. The zero-order chi connectivity index (χ0) is 18.5. The molecular weight excluding hydrogens is 378 g/mol. The van der Waals surface area contributed by atoms with E-state index in [0.29, 0.717) is 43.9 Å². The quantitative estimate of drug-likeness (QED) is 0.747. The lowest BCUT2D eigenvalue weighted by molar-refractivity contribution is -0.115. The highest BCUT2D eigenvalue weighted by Gasteiger charge is 2.36. The third kappa shape index (κ3) is 3.26. The second-order valence-corrected chi connectivity index (χ2v) is 11.2. The van der Waals surface area contributed by atoms with Gasteiger partial charge in [0.15, 0.2) is 9.84 Å². The molecular formula is C16H21N3O5S2. The minimum Gasteiger partial charge on any atom is -0.326 e. The fourth-order valence-electron chi connectivity index (χ4n) is 3.89. The number of carbonyl (C=O) groups excluding carboxylic acids is 1. The number of carbonyl (C=O) groups is 1. The second kappa shape index (κ2) is 6.29. The fraction of sp³-hybridized carbons (Fsp3) is 0.562. The molecule has 10 heteroatoms. The van der Waals surface area contributed by atoms with Crippen molar-refractivity contribution in [1.82, 2.24) is 9.21 Å². The van der Waals surface area contributed by atoms with Crippen molar-refractivity contribution < 1.29 is 21.6 Å². The van der Waals surface area contributed by atoms with Crippen molar-refractivity contribution in [3.8, 4) is 0 Å². The molecule has 0 aromatic heterocycles. The van der Waals surface area contributed by atoms with E-state index in [4.69, 9.17) is 0 Å². The summed E-state index contributed by atoms with van der Waals surface area (Å²) in [5.41, 5.74) is 1.37. The highest BCUT2D eigenvalue weighted by Crippen LogP contribution is 2.28. The van der Waals surface area contributed by atoms with Gasteiger partial charge in [-0.25, -0.2) is 16.8 Å². The normalized spacial score (nSPS) is 26.6. The monoisotopic (exact) mass is 399 g/mol. The van der Waals surface area contributed by atoms with Crippen molar-refractivity contribution in [2.45, 2.75) is 23.8 Å². The van der Waals surface area contributed by atoms with E-state index in [1.54, 1.807) is 12.1 Å². The van der Waals surface area contributed by atoms with E-state index in [-0.39, 0.29) is 34.8 Å². The van der Waals surface area contributed by atoms with E-state index in [1.165, 1.54) is 10.4 Å². The fourth-order valence-corrected chi connectivity index (χ4v) is 7.12. The van der Waals surface area contributed by atoms with E-state index < -0.39 is 19.9 Å². The van der Waals surface area contributed by atoms with Crippen molar-refractivity contribution in [2.24, 2.45) is 0 Å². The Bertz CT molecular complexity index is 950. The van der Waals surface area contributed by atoms with Crippen LogP contribution >= 0.6 is 0 Å². The minimum atomic E-state index is -3.62. The Morgan fingerprint density at radius 2 is 1.85 bits per heavy atom. The van der Waals surface area contributed by atoms with Crippen LogP contribution < -0.4 is 5.32 Å². The Balaban J connectivity index is 1.45. The van der Waals surface area contributed by atoms with Crippen molar-refractivity contribution in [3.63, 3.8) is 0 Å². The Hall–Kier alpha value is -1.49. The largest absolute Gasteiger partial charge is 0.326 e. The van der Waals surface area contributed by atoms with Gasteiger partial charge in [0, 0.05) is 37.9 Å². The molecule has 8 nitrogen and oxygen atoms in total. The van der Waals surface area contributed by atoms with E-state index in [9.17, 15) is 21.6 Å². The molecule has 4 rings (SSSR count). The molecule has 3 heterocycles. The van der Waals surface area contributed by atoms with E-state index in [0.717, 1.165) is 0 Å². The molecule has 0 saturated carbocycles. The molecule has 1 atom stereocenters. The van der Waals surface area contributed by atoms with Crippen LogP contribution in [0.5, 0.6) is 0 Å². The standard InChI is InChI=1S/C16H21N3O5S2/c20-16-10-12-9-14(1-2-15(12)17-16)26(23,24)19-6-4-18(5-7-19)13-3-8-25(21,22)11-13/h1-2,9,13H,3-8,10-11H2,(H,17,20). The summed E-state index contributed by atoms with van der Waals surface area (Å²) < 4.78 is 50.5. The molecule has 0 bridgehead atoms. The number of hydrogen-bond acceptors (Lipinski definition) is 6. The number of benzene rings is 1. The molecule has 1 N–H and O–H groups in total. The number of anilines is 1. The zero-order valence-corrected chi connectivity index (χ0v) is 15.9. The molecule has 1 unspecified atom stereocenters. The van der Waals surface area contributed by atoms with Gasteiger partial charge in [0.05, 0.1) is 22.8 Å². The average molecular weight is 399 g/mol. The number of nitrogens with one attached hydrogen (secondary N) is 1. The minimum absolute atomic E-state index is 0.00179. The summed E-state index contributed by atoms with van der Waals surface area (Å²) in [6.45, 7) is 1.75. The Kier molecular flexibility index (Phi) is 4.33. The van der Waals surface area contributed by atoms with E-state index in [1.807, 2.05) is 0 Å². The molecule has 1 aromatic carbocycles. The summed E-state index contributed by atoms with van der Waals surface area (Å²) in [6, 6.07) is 4.72. The number of piperazine rings is 1. The molecule has 0 spiro atoms. The van der Waals surface area contributed by atoms with Crippen molar-refractivity contribution in [3.05, 3.63) is 23.8 Å². The number of amides is 1. The maximum Gasteiger partial charge on any atom is 0.243 e. The maximum absolute atomic E-state index is 12.9. The van der Waals surface area contributed by atoms with Crippen LogP contribution in [0.4, 0.5) is 5.69 Å². The smallest absolute Gasteiger partial charge is 0.243 e. The summed E-state index contributed by atoms with van der Waals surface area (Å²) in [5.74, 6) is 0.263. The van der Waals surface area contributed by atoms with Gasteiger partial charge in [-0.05, 0) is 30.2 Å². The lowest BCUT2D eigenvalue weighted by atomic mass is 10.2. The van der Waals surface area contributed by atoms with Gasteiger partial charge in [-0.2, -0.15) is 4.31 Å². The molecule has 1 amide bonds. The number of sulfone groups is 1. The average Bonchev–Trinajstić information content (AvgIpc) is 3.15. The number of sulfonamides is 1. The molecule has 3 aliphatic rings. The summed E-state index contributed by atoms with van der Waals surface area (Å²) in [6.07, 6.45) is 0.823. The van der Waals surface area contributed by atoms with Gasteiger partial charge in [-0.3, -0.25) is 9.69 Å². The van der Waals surface area contributed by atoms with Crippen LogP contribution in [0.3, 0.4) is 0 Å². The first-order valence-corrected chi connectivity index (χ1v) is 11.9. The van der Waals surface area contributed by atoms with Gasteiger partial charge in [-0.15, -0.1) is 0 Å². The van der Waals surface area contributed by atoms with Crippen molar-refractivity contribution >= 4 is 31.5 Å². The van der Waals surface area contributed by atoms with Gasteiger partial charge < -0.3 is 5.32 Å². The number of fused-ring (bicyclic) bond motifs is 1. The maximum atomic E-state index is 12.9. The van der Waals surface area contributed by atoms with Crippen LogP contribution in [0.15, 0.2) is 23.1 Å². The number of hydrogen-bond donors (Lipinski definition) is 1. The molecule has 26 heavy (non-hydrogen) atoms. The molecule has 142 valence electrons. The third-order valence-electron chi connectivity index (χ3n) is 5.34. The van der Waals surface area contributed by atoms with Gasteiger partial charge in [0.2, 0.25) is 15.9 Å². The molecule has 2 fully saturated rings. The topological polar surface area (TPSA) is 104 Å². The van der Waals surface area contributed by atoms with Crippen LogP contribution in [0, 0.1) is 0 Å². The predicted octanol–water partition coefficient (Wildman–Crippen LogP) is -0.325. The Morgan fingerprint density at radius 1 is 1.12 bits per heavy atom. The van der Waals surface area contributed by atoms with Crippen molar-refractivity contribution in [2.75, 3.05) is 43.0 Å². The molecule has 2 saturated heterocycles. The van der Waals surface area contributed by atoms with E-state index in [2.05, 4.69) is 10.2 Å². The van der Waals surface area contributed by atoms with Crippen LogP contribution in [0.1, 0.15) is 12.0 Å². The lowest BCUT2D eigenvalue weighted by Gasteiger charge is -2.37. The first-order valence-electron chi connectivity index (χ1n) is 8.62. The lowest BCUT2D eigenvalue weighted by Crippen LogP contribution is -2.52. The van der Waals surface area contributed by atoms with Gasteiger partial charge in [0.1, 0.15) is 0 Å². The van der Waals surface area contributed by atoms with Crippen LogP contribution in [-0.2, 0) is 31.1 Å². The highest BCUT2D eigenvalue weighted by atomic mass is 32.2. The summed E-state index contributed by atoms with van der Waals surface area (Å²) in [4.78, 5) is 13.7. The third-order valence-corrected chi connectivity index (χ3v) is 8.98. The first kappa shape index (κ1) is 17.9. The summed E-state index contributed by atoms with van der Waals surface area (Å²) in [7, 11) is -6.57.